The molecule has 0 atom stereocenters. The number of hydrogen-bond donors (Lipinski definition) is 0. The highest BCUT2D eigenvalue weighted by atomic mass is 16.1. The third-order valence-corrected chi connectivity index (χ3v) is 0.918. The van der Waals surface area contributed by atoms with E-state index >= 15 is 0 Å². The summed E-state index contributed by atoms with van der Waals surface area (Å²) in [6.07, 6.45) is 1.63. The molecule has 0 N–H and O–H groups in total. The summed E-state index contributed by atoms with van der Waals surface area (Å²) >= 11 is 0. The zero-order valence-corrected chi connectivity index (χ0v) is 5.85. The van der Waals surface area contributed by atoms with Gasteiger partial charge >= 0.3 is 0 Å². The van der Waals surface area contributed by atoms with Crippen molar-refractivity contribution in [2.24, 2.45) is 0 Å². The molecule has 0 aromatic carbocycles. The van der Waals surface area contributed by atoms with Gasteiger partial charge in [0.2, 0.25) is 0 Å². The number of carbonyl (C=O) groups is 1. The van der Waals surface area contributed by atoms with Gasteiger partial charge in [-0.2, -0.15) is 0 Å². The summed E-state index contributed by atoms with van der Waals surface area (Å²) < 4.78 is 0.874. The van der Waals surface area contributed by atoms with Crippen LogP contribution in [-0.2, 0) is 4.79 Å². The van der Waals surface area contributed by atoms with Gasteiger partial charge in [-0.25, -0.2) is 0 Å². The second kappa shape index (κ2) is 2.82. The Hall–Kier alpha value is -0.370. The largest absolute Gasteiger partial charge is 0.331 e. The Kier molecular flexibility index (Phi) is 2.69. The average molecular weight is 116 g/mol. The van der Waals surface area contributed by atoms with E-state index in [-0.39, 0.29) is 0 Å². The molecule has 0 rings (SSSR count). The van der Waals surface area contributed by atoms with E-state index in [4.69, 9.17) is 0 Å². The second-order valence-corrected chi connectivity index (χ2v) is 2.97. The summed E-state index contributed by atoms with van der Waals surface area (Å²) in [5.41, 5.74) is 0. The average Bonchev–Trinajstić information content (AvgIpc) is 1.59. The highest BCUT2D eigenvalue weighted by Crippen LogP contribution is 1.89. The molecule has 0 aliphatic heterocycles. The molecule has 0 amide bonds. The maximum atomic E-state index is 9.84. The van der Waals surface area contributed by atoms with Crippen LogP contribution in [0.4, 0.5) is 0 Å². The minimum Gasteiger partial charge on any atom is -0.331 e. The smallest absolute Gasteiger partial charge is 0.125 e. The van der Waals surface area contributed by atoms with Crippen LogP contribution < -0.4 is 0 Å². The molecule has 0 aromatic rings. The fraction of sp³-hybridized carbons (Fsp3) is 0.833. The Labute approximate surface area is 50.7 Å². The first kappa shape index (κ1) is 7.63. The van der Waals surface area contributed by atoms with E-state index in [0.717, 1.165) is 17.3 Å². The van der Waals surface area contributed by atoms with Gasteiger partial charge in [0.1, 0.15) is 6.29 Å². The van der Waals surface area contributed by atoms with Crippen LogP contribution in [0.25, 0.3) is 0 Å². The molecule has 48 valence electrons. The van der Waals surface area contributed by atoms with Gasteiger partial charge in [-0.15, -0.1) is 0 Å². The summed E-state index contributed by atoms with van der Waals surface area (Å²) in [6, 6.07) is 0. The fourth-order valence-electron chi connectivity index (χ4n) is 0.440. The van der Waals surface area contributed by atoms with Crippen molar-refractivity contribution in [3.05, 3.63) is 0 Å². The van der Waals surface area contributed by atoms with Crippen molar-refractivity contribution < 1.29 is 9.28 Å². The van der Waals surface area contributed by atoms with E-state index in [1.54, 1.807) is 0 Å². The van der Waals surface area contributed by atoms with Crippen molar-refractivity contribution in [3.8, 4) is 0 Å². The number of quaternary nitrogens is 1. The lowest BCUT2D eigenvalue weighted by Crippen LogP contribution is -2.35. The maximum absolute atomic E-state index is 9.84. The van der Waals surface area contributed by atoms with E-state index in [1.165, 1.54) is 0 Å². The van der Waals surface area contributed by atoms with E-state index in [0.29, 0.717) is 6.42 Å². The summed E-state index contributed by atoms with van der Waals surface area (Å²) in [7, 11) is 6.22. The first-order valence-corrected chi connectivity index (χ1v) is 2.80. The van der Waals surface area contributed by atoms with Gasteiger partial charge in [-0.05, 0) is 0 Å². The molecule has 8 heavy (non-hydrogen) atoms. The quantitative estimate of drug-likeness (QED) is 0.382. The molecule has 0 bridgehead atoms. The fourth-order valence-corrected chi connectivity index (χ4v) is 0.440. The summed E-state index contributed by atoms with van der Waals surface area (Å²) in [4.78, 5) is 9.84. The molecule has 0 unspecified atom stereocenters. The van der Waals surface area contributed by atoms with Crippen molar-refractivity contribution in [1.82, 2.24) is 0 Å². The standard InChI is InChI=1S/C6H14NO/c1-7(2,3)5-4-6-8/h6H,4-5H2,1-3H3/q+1. The van der Waals surface area contributed by atoms with Crippen LogP contribution in [0, 0.1) is 0 Å². The van der Waals surface area contributed by atoms with Crippen molar-refractivity contribution in [1.29, 1.82) is 0 Å². The molecule has 0 radical (unpaired) electrons. The first-order chi connectivity index (χ1) is 3.56. The number of nitrogens with zero attached hydrogens (tertiary/aromatic N) is 1. The predicted molar refractivity (Wildman–Crippen MR) is 33.6 cm³/mol. The third kappa shape index (κ3) is 5.63. The molecule has 0 saturated carbocycles. The topological polar surface area (TPSA) is 17.1 Å². The van der Waals surface area contributed by atoms with Crippen LogP contribution in [0.15, 0.2) is 0 Å². The Balaban J connectivity index is 3.24. The molecule has 0 spiro atoms. The SMILES string of the molecule is C[N+](C)(C)CCC=O. The van der Waals surface area contributed by atoms with Crippen LogP contribution in [0.3, 0.4) is 0 Å². The summed E-state index contributed by atoms with van der Waals surface area (Å²) in [6.45, 7) is 0.934. The van der Waals surface area contributed by atoms with E-state index in [2.05, 4.69) is 21.1 Å². The number of hydrogen-bond acceptors (Lipinski definition) is 1. The minimum atomic E-state index is 0.670. The third-order valence-electron chi connectivity index (χ3n) is 0.918. The summed E-state index contributed by atoms with van der Waals surface area (Å²) in [5.74, 6) is 0. The van der Waals surface area contributed by atoms with Crippen molar-refractivity contribution in [3.63, 3.8) is 0 Å². The van der Waals surface area contributed by atoms with E-state index in [1.807, 2.05) is 0 Å². The maximum Gasteiger partial charge on any atom is 0.125 e. The highest BCUT2D eigenvalue weighted by Gasteiger charge is 2.03. The number of rotatable bonds is 3. The number of aldehydes is 1. The minimum absolute atomic E-state index is 0.670. The van der Waals surface area contributed by atoms with Crippen molar-refractivity contribution >= 4 is 6.29 Å². The Morgan fingerprint density at radius 3 is 2.00 bits per heavy atom. The molecule has 0 aliphatic rings. The zero-order chi connectivity index (χ0) is 6.62. The monoisotopic (exact) mass is 116 g/mol. The summed E-state index contributed by atoms with van der Waals surface area (Å²) in [5, 5.41) is 0. The van der Waals surface area contributed by atoms with Gasteiger partial charge in [0, 0.05) is 0 Å². The first-order valence-electron chi connectivity index (χ1n) is 2.80. The molecule has 0 aromatic heterocycles. The van der Waals surface area contributed by atoms with Crippen molar-refractivity contribution in [2.75, 3.05) is 27.7 Å². The van der Waals surface area contributed by atoms with Crippen LogP contribution in [0.1, 0.15) is 6.42 Å². The van der Waals surface area contributed by atoms with Crippen LogP contribution in [0.5, 0.6) is 0 Å². The Morgan fingerprint density at radius 2 is 1.88 bits per heavy atom. The zero-order valence-electron chi connectivity index (χ0n) is 5.85. The van der Waals surface area contributed by atoms with Crippen LogP contribution >= 0.6 is 0 Å². The normalized spacial score (nSPS) is 11.4. The van der Waals surface area contributed by atoms with E-state index < -0.39 is 0 Å². The van der Waals surface area contributed by atoms with Crippen LogP contribution in [0.2, 0.25) is 0 Å². The molecule has 2 heteroatoms. The van der Waals surface area contributed by atoms with Gasteiger partial charge in [-0.3, -0.25) is 0 Å². The van der Waals surface area contributed by atoms with Gasteiger partial charge in [0.15, 0.2) is 0 Å². The lowest BCUT2D eigenvalue weighted by atomic mass is 10.4. The lowest BCUT2D eigenvalue weighted by molar-refractivity contribution is -0.869. The van der Waals surface area contributed by atoms with Gasteiger partial charge in [-0.1, -0.05) is 0 Å². The van der Waals surface area contributed by atoms with E-state index in [9.17, 15) is 4.79 Å². The number of carbonyl (C=O) groups excluding carboxylic acids is 1. The second-order valence-electron chi connectivity index (χ2n) is 2.97. The molecule has 0 heterocycles. The van der Waals surface area contributed by atoms with Crippen LogP contribution in [-0.4, -0.2) is 38.5 Å². The van der Waals surface area contributed by atoms with Crippen molar-refractivity contribution in [2.45, 2.75) is 6.42 Å². The molecule has 0 aliphatic carbocycles. The molecule has 0 saturated heterocycles. The Bertz CT molecular complexity index is 73.1. The van der Waals surface area contributed by atoms with Gasteiger partial charge in [0.05, 0.1) is 34.1 Å². The molecular weight excluding hydrogens is 102 g/mol. The Morgan fingerprint density at radius 1 is 1.38 bits per heavy atom. The van der Waals surface area contributed by atoms with Gasteiger partial charge < -0.3 is 9.28 Å². The van der Waals surface area contributed by atoms with Gasteiger partial charge in [0.25, 0.3) is 0 Å². The lowest BCUT2D eigenvalue weighted by Gasteiger charge is -2.22. The highest BCUT2D eigenvalue weighted by molar-refractivity contribution is 5.49. The molecule has 0 fully saturated rings. The predicted octanol–water partition coefficient (Wildman–Crippen LogP) is 0.282. The molecular formula is C6H14NO+. The molecule has 2 nitrogen and oxygen atoms in total.